The number of piperazine rings is 1. The lowest BCUT2D eigenvalue weighted by Crippen LogP contribution is -2.50. The van der Waals surface area contributed by atoms with Gasteiger partial charge < -0.3 is 19.9 Å². The van der Waals surface area contributed by atoms with Gasteiger partial charge in [-0.05, 0) is 31.2 Å². The van der Waals surface area contributed by atoms with Gasteiger partial charge in [0.25, 0.3) is 0 Å². The highest BCUT2D eigenvalue weighted by Crippen LogP contribution is 2.24. The van der Waals surface area contributed by atoms with Crippen LogP contribution in [-0.4, -0.2) is 47.1 Å². The molecular weight excluding hydrogens is 385 g/mol. The van der Waals surface area contributed by atoms with Crippen LogP contribution in [0.25, 0.3) is 0 Å². The van der Waals surface area contributed by atoms with E-state index >= 15 is 0 Å². The molecule has 1 N–H and O–H groups in total. The van der Waals surface area contributed by atoms with Gasteiger partial charge in [0.05, 0.1) is 5.69 Å². The number of benzene rings is 2. The number of carbonyl (C=O) groups excluding carboxylic acids is 1. The molecule has 30 heavy (non-hydrogen) atoms. The Labute approximate surface area is 174 Å². The Kier molecular flexibility index (Phi) is 5.74. The lowest BCUT2D eigenvalue weighted by atomic mass is 10.3. The maximum atomic E-state index is 13.8. The SMILES string of the molecule is Cc1nc(Oc2ccccc2)cc(N2CCN(C(=O)Nc3ccccc3F)CC2)n1. The van der Waals surface area contributed by atoms with Crippen LogP contribution in [0.5, 0.6) is 11.6 Å². The van der Waals surface area contributed by atoms with Gasteiger partial charge in [0.2, 0.25) is 5.88 Å². The fraction of sp³-hybridized carbons (Fsp3) is 0.227. The van der Waals surface area contributed by atoms with E-state index < -0.39 is 5.82 Å². The largest absolute Gasteiger partial charge is 0.439 e. The van der Waals surface area contributed by atoms with Gasteiger partial charge in [-0.25, -0.2) is 14.2 Å². The number of carbonyl (C=O) groups is 1. The van der Waals surface area contributed by atoms with Gasteiger partial charge in [-0.1, -0.05) is 30.3 Å². The summed E-state index contributed by atoms with van der Waals surface area (Å²) in [6.45, 7) is 4.02. The molecule has 1 saturated heterocycles. The van der Waals surface area contributed by atoms with Gasteiger partial charge >= 0.3 is 6.03 Å². The lowest BCUT2D eigenvalue weighted by Gasteiger charge is -2.35. The van der Waals surface area contributed by atoms with Crippen LogP contribution in [0.4, 0.5) is 20.7 Å². The van der Waals surface area contributed by atoms with E-state index in [0.717, 1.165) is 5.82 Å². The molecule has 0 saturated carbocycles. The van der Waals surface area contributed by atoms with Crippen molar-refractivity contribution in [1.29, 1.82) is 0 Å². The molecule has 1 fully saturated rings. The van der Waals surface area contributed by atoms with Crippen molar-refractivity contribution < 1.29 is 13.9 Å². The van der Waals surface area contributed by atoms with E-state index in [1.54, 1.807) is 29.2 Å². The molecule has 0 aliphatic carbocycles. The molecule has 154 valence electrons. The summed E-state index contributed by atoms with van der Waals surface area (Å²) in [6, 6.07) is 17.1. The molecule has 1 aliphatic heterocycles. The molecule has 2 aromatic carbocycles. The van der Waals surface area contributed by atoms with Crippen molar-refractivity contribution in [2.45, 2.75) is 6.92 Å². The van der Waals surface area contributed by atoms with Crippen molar-refractivity contribution >= 4 is 17.5 Å². The molecule has 4 rings (SSSR count). The Morgan fingerprint density at radius 1 is 1.00 bits per heavy atom. The van der Waals surface area contributed by atoms with Crippen LogP contribution in [0, 0.1) is 12.7 Å². The molecule has 0 bridgehead atoms. The number of para-hydroxylation sites is 2. The number of rotatable bonds is 4. The minimum atomic E-state index is -0.452. The molecule has 1 aliphatic rings. The molecule has 0 unspecified atom stereocenters. The maximum absolute atomic E-state index is 13.8. The minimum Gasteiger partial charge on any atom is -0.439 e. The molecule has 8 heteroatoms. The molecule has 1 aromatic heterocycles. The van der Waals surface area contributed by atoms with E-state index in [2.05, 4.69) is 20.2 Å². The number of anilines is 2. The monoisotopic (exact) mass is 407 g/mol. The molecule has 0 radical (unpaired) electrons. The number of aromatic nitrogens is 2. The van der Waals surface area contributed by atoms with E-state index in [-0.39, 0.29) is 11.7 Å². The van der Waals surface area contributed by atoms with Crippen LogP contribution in [-0.2, 0) is 0 Å². The topological polar surface area (TPSA) is 70.6 Å². The number of halogens is 1. The Morgan fingerprint density at radius 3 is 2.43 bits per heavy atom. The van der Waals surface area contributed by atoms with Crippen LogP contribution in [0.1, 0.15) is 5.82 Å². The van der Waals surface area contributed by atoms with E-state index in [1.165, 1.54) is 6.07 Å². The lowest BCUT2D eigenvalue weighted by molar-refractivity contribution is 0.208. The normalized spacial score (nSPS) is 13.8. The molecule has 0 spiro atoms. The summed E-state index contributed by atoms with van der Waals surface area (Å²) >= 11 is 0. The summed E-state index contributed by atoms with van der Waals surface area (Å²) in [5.74, 6) is 2.09. The van der Waals surface area contributed by atoms with Crippen molar-refractivity contribution in [2.75, 3.05) is 36.4 Å². The zero-order chi connectivity index (χ0) is 20.9. The van der Waals surface area contributed by atoms with E-state index in [1.807, 2.05) is 37.3 Å². The molecular formula is C22H22FN5O2. The summed E-state index contributed by atoms with van der Waals surface area (Å²) < 4.78 is 19.6. The van der Waals surface area contributed by atoms with Crippen LogP contribution < -0.4 is 15.0 Å². The van der Waals surface area contributed by atoms with Crippen LogP contribution in [0.2, 0.25) is 0 Å². The number of hydrogen-bond acceptors (Lipinski definition) is 5. The summed E-state index contributed by atoms with van der Waals surface area (Å²) in [7, 11) is 0. The first-order chi connectivity index (χ1) is 14.6. The van der Waals surface area contributed by atoms with E-state index in [9.17, 15) is 9.18 Å². The molecule has 2 heterocycles. The van der Waals surface area contributed by atoms with Crippen molar-refractivity contribution in [3.8, 4) is 11.6 Å². The summed E-state index contributed by atoms with van der Waals surface area (Å²) in [5.41, 5.74) is 0.180. The van der Waals surface area contributed by atoms with Crippen molar-refractivity contribution in [1.82, 2.24) is 14.9 Å². The third-order valence-corrected chi connectivity index (χ3v) is 4.77. The Hall–Kier alpha value is -3.68. The second kappa shape index (κ2) is 8.77. The standard InChI is InChI=1S/C22H22FN5O2/c1-16-24-20(15-21(25-16)30-17-7-3-2-4-8-17)27-11-13-28(14-12-27)22(29)26-19-10-6-5-9-18(19)23/h2-10,15H,11-14H2,1H3,(H,26,29). The Bertz CT molecular complexity index is 1020. The molecule has 2 amide bonds. The molecule has 7 nitrogen and oxygen atoms in total. The smallest absolute Gasteiger partial charge is 0.322 e. The second-order valence-corrected chi connectivity index (χ2v) is 6.91. The maximum Gasteiger partial charge on any atom is 0.322 e. The highest BCUT2D eigenvalue weighted by atomic mass is 19.1. The number of aryl methyl sites for hydroxylation is 1. The predicted molar refractivity (Wildman–Crippen MR) is 112 cm³/mol. The Balaban J connectivity index is 1.39. The number of urea groups is 1. The fourth-order valence-corrected chi connectivity index (χ4v) is 3.24. The van der Waals surface area contributed by atoms with Crippen molar-refractivity contribution in [3.63, 3.8) is 0 Å². The fourth-order valence-electron chi connectivity index (χ4n) is 3.24. The van der Waals surface area contributed by atoms with Crippen LogP contribution >= 0.6 is 0 Å². The summed E-state index contributed by atoms with van der Waals surface area (Å²) in [6.07, 6.45) is 0. The van der Waals surface area contributed by atoms with Gasteiger partial charge in [0, 0.05) is 32.2 Å². The van der Waals surface area contributed by atoms with Gasteiger partial charge in [0.15, 0.2) is 0 Å². The number of nitrogens with zero attached hydrogens (tertiary/aromatic N) is 4. The third-order valence-electron chi connectivity index (χ3n) is 4.77. The average molecular weight is 407 g/mol. The molecule has 0 atom stereocenters. The second-order valence-electron chi connectivity index (χ2n) is 6.91. The van der Waals surface area contributed by atoms with Crippen molar-refractivity contribution in [3.05, 3.63) is 72.3 Å². The first-order valence-corrected chi connectivity index (χ1v) is 9.72. The summed E-state index contributed by atoms with van der Waals surface area (Å²) in [4.78, 5) is 25.1. The van der Waals surface area contributed by atoms with E-state index in [0.29, 0.717) is 43.6 Å². The zero-order valence-corrected chi connectivity index (χ0v) is 16.6. The number of hydrogen-bond donors (Lipinski definition) is 1. The van der Waals surface area contributed by atoms with Crippen LogP contribution in [0.15, 0.2) is 60.7 Å². The first-order valence-electron chi connectivity index (χ1n) is 9.72. The quantitative estimate of drug-likeness (QED) is 0.706. The zero-order valence-electron chi connectivity index (χ0n) is 16.6. The highest BCUT2D eigenvalue weighted by Gasteiger charge is 2.23. The van der Waals surface area contributed by atoms with Crippen LogP contribution in [0.3, 0.4) is 0 Å². The van der Waals surface area contributed by atoms with Crippen molar-refractivity contribution in [2.24, 2.45) is 0 Å². The number of amides is 2. The van der Waals surface area contributed by atoms with Gasteiger partial charge in [-0.2, -0.15) is 4.98 Å². The molecule has 3 aromatic rings. The van der Waals surface area contributed by atoms with Gasteiger partial charge in [0.1, 0.15) is 23.2 Å². The summed E-state index contributed by atoms with van der Waals surface area (Å²) in [5, 5.41) is 2.63. The van der Waals surface area contributed by atoms with Gasteiger partial charge in [-0.3, -0.25) is 0 Å². The highest BCUT2D eigenvalue weighted by molar-refractivity contribution is 5.89. The third kappa shape index (κ3) is 4.65. The van der Waals surface area contributed by atoms with Gasteiger partial charge in [-0.15, -0.1) is 0 Å². The predicted octanol–water partition coefficient (Wildman–Crippen LogP) is 4.07. The average Bonchev–Trinajstić information content (AvgIpc) is 2.76. The number of nitrogens with one attached hydrogen (secondary N) is 1. The first kappa shape index (κ1) is 19.6. The minimum absolute atomic E-state index is 0.180. The number of ether oxygens (including phenoxy) is 1. The Morgan fingerprint density at radius 2 is 1.70 bits per heavy atom. The van der Waals surface area contributed by atoms with E-state index in [4.69, 9.17) is 4.74 Å².